The Bertz CT molecular complexity index is 724. The minimum Gasteiger partial charge on any atom is -0.329 e. The fourth-order valence-electron chi connectivity index (χ4n) is 2.67. The average molecular weight is 318 g/mol. The molecule has 114 valence electrons. The lowest BCUT2D eigenvalue weighted by atomic mass is 10.0. The van der Waals surface area contributed by atoms with Gasteiger partial charge in [0.25, 0.3) is 5.91 Å². The summed E-state index contributed by atoms with van der Waals surface area (Å²) in [4.78, 5) is 28.2. The second-order valence-electron chi connectivity index (χ2n) is 5.22. The van der Waals surface area contributed by atoms with Crippen LogP contribution in [0.2, 0.25) is 5.02 Å². The first kappa shape index (κ1) is 14.8. The summed E-state index contributed by atoms with van der Waals surface area (Å²) in [5.41, 5.74) is 1.26. The second kappa shape index (κ2) is 6.34. The second-order valence-corrected chi connectivity index (χ2v) is 5.65. The van der Waals surface area contributed by atoms with E-state index in [-0.39, 0.29) is 17.5 Å². The largest absolute Gasteiger partial charge is 0.329 e. The van der Waals surface area contributed by atoms with Gasteiger partial charge in [0, 0.05) is 36.9 Å². The molecule has 1 aromatic carbocycles. The zero-order chi connectivity index (χ0) is 15.5. The molecule has 1 aromatic heterocycles. The first-order valence-electron chi connectivity index (χ1n) is 7.11. The minimum absolute atomic E-state index is 0.0770. The lowest BCUT2D eigenvalue weighted by Gasteiger charge is -2.36. The van der Waals surface area contributed by atoms with Crippen molar-refractivity contribution in [3.63, 3.8) is 0 Å². The van der Waals surface area contributed by atoms with Crippen LogP contribution in [0, 0.1) is 0 Å². The Morgan fingerprint density at radius 2 is 2.14 bits per heavy atom. The van der Waals surface area contributed by atoms with Crippen molar-refractivity contribution in [2.24, 2.45) is 0 Å². The third-order valence-corrected chi connectivity index (χ3v) is 4.00. The van der Waals surface area contributed by atoms with Crippen molar-refractivity contribution in [3.05, 3.63) is 69.1 Å². The molecule has 2 heterocycles. The van der Waals surface area contributed by atoms with Gasteiger partial charge < -0.3 is 15.2 Å². The van der Waals surface area contributed by atoms with E-state index in [2.05, 4.69) is 10.3 Å². The molecule has 1 atom stereocenters. The number of amides is 1. The molecule has 1 amide bonds. The van der Waals surface area contributed by atoms with E-state index in [1.807, 2.05) is 29.2 Å². The molecule has 1 aliphatic heterocycles. The number of aromatic nitrogens is 1. The highest BCUT2D eigenvalue weighted by molar-refractivity contribution is 6.30. The number of hydrogen-bond acceptors (Lipinski definition) is 3. The Balaban J connectivity index is 1.90. The van der Waals surface area contributed by atoms with Crippen LogP contribution in [0.3, 0.4) is 0 Å². The number of pyridine rings is 1. The average Bonchev–Trinajstić information content (AvgIpc) is 2.55. The van der Waals surface area contributed by atoms with Crippen molar-refractivity contribution < 1.29 is 4.79 Å². The SMILES string of the molecule is O=C(c1ccc(=O)[nH]c1)N1CCNCC1c1cccc(Cl)c1. The maximum Gasteiger partial charge on any atom is 0.255 e. The Morgan fingerprint density at radius 1 is 1.27 bits per heavy atom. The van der Waals surface area contributed by atoms with Gasteiger partial charge in [0.2, 0.25) is 5.56 Å². The highest BCUT2D eigenvalue weighted by Gasteiger charge is 2.28. The van der Waals surface area contributed by atoms with Gasteiger partial charge in [-0.1, -0.05) is 23.7 Å². The number of nitrogens with one attached hydrogen (secondary N) is 2. The predicted octanol–water partition coefficient (Wildman–Crippen LogP) is 1.81. The summed E-state index contributed by atoms with van der Waals surface area (Å²) < 4.78 is 0. The van der Waals surface area contributed by atoms with Crippen molar-refractivity contribution in [1.82, 2.24) is 15.2 Å². The molecule has 0 aliphatic carbocycles. The maximum absolute atomic E-state index is 12.7. The predicted molar refractivity (Wildman–Crippen MR) is 85.2 cm³/mol. The monoisotopic (exact) mass is 317 g/mol. The van der Waals surface area contributed by atoms with E-state index >= 15 is 0 Å². The lowest BCUT2D eigenvalue weighted by molar-refractivity contribution is 0.0634. The number of H-pyrrole nitrogens is 1. The minimum atomic E-state index is -0.219. The van der Waals surface area contributed by atoms with Crippen molar-refractivity contribution in [2.75, 3.05) is 19.6 Å². The number of halogens is 1. The van der Waals surface area contributed by atoms with Gasteiger partial charge in [-0.3, -0.25) is 9.59 Å². The number of piperazine rings is 1. The fourth-order valence-corrected chi connectivity index (χ4v) is 2.87. The first-order valence-corrected chi connectivity index (χ1v) is 7.49. The van der Waals surface area contributed by atoms with Crippen molar-refractivity contribution in [1.29, 1.82) is 0 Å². The van der Waals surface area contributed by atoms with Crippen LogP contribution in [0.15, 0.2) is 47.4 Å². The number of aromatic amines is 1. The molecule has 1 fully saturated rings. The number of carbonyl (C=O) groups excluding carboxylic acids is 1. The molecule has 1 saturated heterocycles. The zero-order valence-corrected chi connectivity index (χ0v) is 12.6. The molecule has 2 N–H and O–H groups in total. The maximum atomic E-state index is 12.7. The molecule has 0 bridgehead atoms. The highest BCUT2D eigenvalue weighted by atomic mass is 35.5. The van der Waals surface area contributed by atoms with Crippen LogP contribution >= 0.6 is 11.6 Å². The van der Waals surface area contributed by atoms with Gasteiger partial charge in [-0.2, -0.15) is 0 Å². The molecule has 1 aliphatic rings. The smallest absolute Gasteiger partial charge is 0.255 e. The molecule has 0 spiro atoms. The van der Waals surface area contributed by atoms with Crippen LogP contribution in [0.4, 0.5) is 0 Å². The third kappa shape index (κ3) is 3.05. The van der Waals surface area contributed by atoms with E-state index in [0.717, 1.165) is 12.1 Å². The van der Waals surface area contributed by atoms with Gasteiger partial charge in [-0.25, -0.2) is 0 Å². The van der Waals surface area contributed by atoms with Crippen LogP contribution < -0.4 is 10.9 Å². The number of nitrogens with zero attached hydrogens (tertiary/aromatic N) is 1. The lowest BCUT2D eigenvalue weighted by Crippen LogP contribution is -2.48. The van der Waals surface area contributed by atoms with Gasteiger partial charge in [0.1, 0.15) is 0 Å². The zero-order valence-electron chi connectivity index (χ0n) is 11.9. The molecular formula is C16H16ClN3O2. The Hall–Kier alpha value is -2.11. The Labute approximate surface area is 132 Å². The number of hydrogen-bond donors (Lipinski definition) is 2. The quantitative estimate of drug-likeness (QED) is 0.888. The van der Waals surface area contributed by atoms with Crippen LogP contribution in [-0.4, -0.2) is 35.4 Å². The summed E-state index contributed by atoms with van der Waals surface area (Å²) in [6.07, 6.45) is 1.46. The van der Waals surface area contributed by atoms with Gasteiger partial charge in [0.15, 0.2) is 0 Å². The van der Waals surface area contributed by atoms with E-state index < -0.39 is 0 Å². The van der Waals surface area contributed by atoms with E-state index in [4.69, 9.17) is 11.6 Å². The summed E-state index contributed by atoms with van der Waals surface area (Å²) in [5, 5.41) is 3.96. The van der Waals surface area contributed by atoms with E-state index in [1.165, 1.54) is 12.3 Å². The standard InChI is InChI=1S/C16H16ClN3O2/c17-13-3-1-2-11(8-13)14-10-18-6-7-20(14)16(22)12-4-5-15(21)19-9-12/h1-5,8-9,14,18H,6-7,10H2,(H,19,21). The Morgan fingerprint density at radius 3 is 2.86 bits per heavy atom. The molecule has 1 unspecified atom stereocenters. The van der Waals surface area contributed by atoms with Gasteiger partial charge in [0.05, 0.1) is 11.6 Å². The van der Waals surface area contributed by atoms with Crippen LogP contribution in [0.25, 0.3) is 0 Å². The normalized spacial score (nSPS) is 18.2. The summed E-state index contributed by atoms with van der Waals surface area (Å²) in [6.45, 7) is 2.02. The summed E-state index contributed by atoms with van der Waals surface area (Å²) >= 11 is 6.06. The van der Waals surface area contributed by atoms with Crippen molar-refractivity contribution in [2.45, 2.75) is 6.04 Å². The van der Waals surface area contributed by atoms with E-state index in [1.54, 1.807) is 6.07 Å². The van der Waals surface area contributed by atoms with Gasteiger partial charge in [-0.05, 0) is 23.8 Å². The number of carbonyl (C=O) groups is 1. The molecule has 5 nitrogen and oxygen atoms in total. The summed E-state index contributed by atoms with van der Waals surface area (Å²) in [6, 6.07) is 10.4. The van der Waals surface area contributed by atoms with Gasteiger partial charge >= 0.3 is 0 Å². The molecule has 6 heteroatoms. The first-order chi connectivity index (χ1) is 10.6. The fraction of sp³-hybridized carbons (Fsp3) is 0.250. The van der Waals surface area contributed by atoms with Crippen LogP contribution in [0.1, 0.15) is 22.0 Å². The number of benzene rings is 1. The van der Waals surface area contributed by atoms with Crippen molar-refractivity contribution in [3.8, 4) is 0 Å². The molecule has 2 aromatic rings. The van der Waals surface area contributed by atoms with Crippen molar-refractivity contribution >= 4 is 17.5 Å². The molecule has 22 heavy (non-hydrogen) atoms. The molecule has 0 radical (unpaired) electrons. The Kier molecular flexibility index (Phi) is 4.27. The van der Waals surface area contributed by atoms with Crippen LogP contribution in [0.5, 0.6) is 0 Å². The third-order valence-electron chi connectivity index (χ3n) is 3.77. The molecular weight excluding hydrogens is 302 g/mol. The molecule has 3 rings (SSSR count). The van der Waals surface area contributed by atoms with E-state index in [0.29, 0.717) is 23.7 Å². The highest BCUT2D eigenvalue weighted by Crippen LogP contribution is 2.25. The molecule has 0 saturated carbocycles. The van der Waals surface area contributed by atoms with Crippen LogP contribution in [-0.2, 0) is 0 Å². The van der Waals surface area contributed by atoms with Gasteiger partial charge in [-0.15, -0.1) is 0 Å². The summed E-state index contributed by atoms with van der Waals surface area (Å²) in [5.74, 6) is -0.0947. The van der Waals surface area contributed by atoms with E-state index in [9.17, 15) is 9.59 Å². The number of rotatable bonds is 2. The summed E-state index contributed by atoms with van der Waals surface area (Å²) in [7, 11) is 0. The topological polar surface area (TPSA) is 65.2 Å².